The third-order valence-electron chi connectivity index (χ3n) is 2.84. The molecule has 0 aliphatic rings. The number of nitrogens with zero attached hydrogens (tertiary/aromatic N) is 2. The van der Waals surface area contributed by atoms with E-state index in [1.54, 1.807) is 6.20 Å². The van der Waals surface area contributed by atoms with Gasteiger partial charge in [0.15, 0.2) is 0 Å². The van der Waals surface area contributed by atoms with Crippen LogP contribution < -0.4 is 5.32 Å². The SMILES string of the molecule is CS(=O)(=O)CCNC(=O)CCc1csc(-c2ccccn2)n1. The molecule has 6 nitrogen and oxygen atoms in total. The quantitative estimate of drug-likeness (QED) is 0.821. The van der Waals surface area contributed by atoms with Gasteiger partial charge in [-0.3, -0.25) is 9.78 Å². The minimum atomic E-state index is -3.05. The molecule has 0 aliphatic carbocycles. The number of hydrogen-bond donors (Lipinski definition) is 1. The molecule has 0 saturated carbocycles. The van der Waals surface area contributed by atoms with Crippen molar-refractivity contribution in [2.24, 2.45) is 0 Å². The van der Waals surface area contributed by atoms with Crippen LogP contribution in [-0.2, 0) is 21.1 Å². The van der Waals surface area contributed by atoms with Gasteiger partial charge in [-0.25, -0.2) is 13.4 Å². The topological polar surface area (TPSA) is 89.0 Å². The normalized spacial score (nSPS) is 11.3. The van der Waals surface area contributed by atoms with E-state index in [1.165, 1.54) is 11.3 Å². The number of pyridine rings is 1. The van der Waals surface area contributed by atoms with E-state index in [4.69, 9.17) is 0 Å². The van der Waals surface area contributed by atoms with E-state index in [2.05, 4.69) is 15.3 Å². The van der Waals surface area contributed by atoms with Gasteiger partial charge in [0.25, 0.3) is 0 Å². The molecule has 2 aromatic heterocycles. The van der Waals surface area contributed by atoms with E-state index in [-0.39, 0.29) is 24.6 Å². The summed E-state index contributed by atoms with van der Waals surface area (Å²) in [5, 5.41) is 5.33. The molecule has 0 fully saturated rings. The average molecular weight is 339 g/mol. The van der Waals surface area contributed by atoms with Crippen molar-refractivity contribution < 1.29 is 13.2 Å². The molecule has 22 heavy (non-hydrogen) atoms. The Kier molecular flexibility index (Phi) is 5.62. The maximum absolute atomic E-state index is 11.6. The first-order valence-corrected chi connectivity index (χ1v) is 9.68. The third kappa shape index (κ3) is 5.53. The highest BCUT2D eigenvalue weighted by atomic mass is 32.2. The lowest BCUT2D eigenvalue weighted by molar-refractivity contribution is -0.120. The van der Waals surface area contributed by atoms with Crippen LogP contribution in [-0.4, -0.2) is 42.8 Å². The molecule has 0 saturated heterocycles. The zero-order chi connectivity index (χ0) is 16.0. The Labute approximate surface area is 133 Å². The van der Waals surface area contributed by atoms with Crippen molar-refractivity contribution in [1.82, 2.24) is 15.3 Å². The van der Waals surface area contributed by atoms with Gasteiger partial charge in [-0.05, 0) is 18.6 Å². The number of sulfone groups is 1. The lowest BCUT2D eigenvalue weighted by Gasteiger charge is -2.03. The van der Waals surface area contributed by atoms with E-state index in [1.807, 2.05) is 23.6 Å². The maximum atomic E-state index is 11.6. The molecule has 0 bridgehead atoms. The van der Waals surface area contributed by atoms with Gasteiger partial charge in [0.1, 0.15) is 14.8 Å². The van der Waals surface area contributed by atoms with E-state index in [9.17, 15) is 13.2 Å². The van der Waals surface area contributed by atoms with Crippen LogP contribution in [0.15, 0.2) is 29.8 Å². The molecule has 0 spiro atoms. The second-order valence-electron chi connectivity index (χ2n) is 4.84. The molecule has 8 heteroatoms. The number of hydrogen-bond acceptors (Lipinski definition) is 6. The van der Waals surface area contributed by atoms with Crippen LogP contribution in [0.1, 0.15) is 12.1 Å². The van der Waals surface area contributed by atoms with Gasteiger partial charge in [-0.15, -0.1) is 11.3 Å². The average Bonchev–Trinajstić information content (AvgIpc) is 2.94. The van der Waals surface area contributed by atoms with Crippen molar-refractivity contribution in [3.8, 4) is 10.7 Å². The molecule has 1 N–H and O–H groups in total. The van der Waals surface area contributed by atoms with Crippen molar-refractivity contribution >= 4 is 27.1 Å². The van der Waals surface area contributed by atoms with Crippen molar-refractivity contribution in [3.63, 3.8) is 0 Å². The zero-order valence-electron chi connectivity index (χ0n) is 12.2. The van der Waals surface area contributed by atoms with Crippen molar-refractivity contribution in [2.45, 2.75) is 12.8 Å². The fourth-order valence-electron chi connectivity index (χ4n) is 1.73. The fraction of sp³-hybridized carbons (Fsp3) is 0.357. The molecule has 0 atom stereocenters. The number of carbonyl (C=O) groups is 1. The van der Waals surface area contributed by atoms with Crippen LogP contribution >= 0.6 is 11.3 Å². The molecular formula is C14H17N3O3S2. The van der Waals surface area contributed by atoms with Gasteiger partial charge in [0, 0.05) is 30.8 Å². The summed E-state index contributed by atoms with van der Waals surface area (Å²) < 4.78 is 21.9. The minimum Gasteiger partial charge on any atom is -0.355 e. The van der Waals surface area contributed by atoms with Crippen LogP contribution in [0.4, 0.5) is 0 Å². The van der Waals surface area contributed by atoms with Gasteiger partial charge in [0.05, 0.1) is 17.1 Å². The van der Waals surface area contributed by atoms with E-state index in [0.29, 0.717) is 6.42 Å². The number of thiazole rings is 1. The predicted molar refractivity (Wildman–Crippen MR) is 86.4 cm³/mol. The molecular weight excluding hydrogens is 322 g/mol. The number of nitrogens with one attached hydrogen (secondary N) is 1. The van der Waals surface area contributed by atoms with Crippen LogP contribution in [0.3, 0.4) is 0 Å². The Hall–Kier alpha value is -1.80. The summed E-state index contributed by atoms with van der Waals surface area (Å²) in [5.74, 6) is -0.213. The molecule has 2 rings (SSSR count). The Morgan fingerprint density at radius 3 is 2.86 bits per heavy atom. The lowest BCUT2D eigenvalue weighted by Crippen LogP contribution is -2.28. The van der Waals surface area contributed by atoms with E-state index < -0.39 is 9.84 Å². The monoisotopic (exact) mass is 339 g/mol. The van der Waals surface area contributed by atoms with Gasteiger partial charge in [-0.1, -0.05) is 6.07 Å². The molecule has 1 amide bonds. The van der Waals surface area contributed by atoms with Crippen molar-refractivity contribution in [3.05, 3.63) is 35.5 Å². The predicted octanol–water partition coefficient (Wildman–Crippen LogP) is 1.30. The van der Waals surface area contributed by atoms with Crippen LogP contribution in [0.5, 0.6) is 0 Å². The largest absolute Gasteiger partial charge is 0.355 e. The van der Waals surface area contributed by atoms with Crippen LogP contribution in [0.2, 0.25) is 0 Å². The lowest BCUT2D eigenvalue weighted by atomic mass is 10.2. The number of amides is 1. The first-order valence-electron chi connectivity index (χ1n) is 6.74. The van der Waals surface area contributed by atoms with Crippen LogP contribution in [0.25, 0.3) is 10.7 Å². The second kappa shape index (κ2) is 7.46. The first-order chi connectivity index (χ1) is 10.4. The molecule has 2 heterocycles. The van der Waals surface area contributed by atoms with Gasteiger partial charge in [-0.2, -0.15) is 0 Å². The summed E-state index contributed by atoms with van der Waals surface area (Å²) in [5.41, 5.74) is 1.65. The fourth-order valence-corrected chi connectivity index (χ4v) is 3.04. The maximum Gasteiger partial charge on any atom is 0.220 e. The third-order valence-corrected chi connectivity index (χ3v) is 4.70. The van der Waals surface area contributed by atoms with Gasteiger partial charge >= 0.3 is 0 Å². The molecule has 118 valence electrons. The Morgan fingerprint density at radius 1 is 1.36 bits per heavy atom. The number of carbonyl (C=O) groups excluding carboxylic acids is 1. The van der Waals surface area contributed by atoms with Gasteiger partial charge in [0.2, 0.25) is 5.91 Å². The second-order valence-corrected chi connectivity index (χ2v) is 7.96. The first kappa shape index (κ1) is 16.6. The summed E-state index contributed by atoms with van der Waals surface area (Å²) in [4.78, 5) is 20.3. The highest BCUT2D eigenvalue weighted by Crippen LogP contribution is 2.21. The summed E-state index contributed by atoms with van der Waals surface area (Å²) in [7, 11) is -3.05. The molecule has 0 aromatic carbocycles. The Balaban J connectivity index is 1.80. The molecule has 0 aliphatic heterocycles. The number of aryl methyl sites for hydroxylation is 1. The Morgan fingerprint density at radius 2 is 2.18 bits per heavy atom. The minimum absolute atomic E-state index is 0.0424. The molecule has 2 aromatic rings. The van der Waals surface area contributed by atoms with Crippen molar-refractivity contribution in [2.75, 3.05) is 18.6 Å². The molecule has 0 unspecified atom stereocenters. The smallest absolute Gasteiger partial charge is 0.220 e. The number of rotatable bonds is 7. The zero-order valence-corrected chi connectivity index (χ0v) is 13.8. The summed E-state index contributed by atoms with van der Waals surface area (Å²) in [6.45, 7) is 0.147. The van der Waals surface area contributed by atoms with Crippen molar-refractivity contribution in [1.29, 1.82) is 0 Å². The molecule has 0 radical (unpaired) electrons. The standard InChI is InChI=1S/C14H17N3O3S2/c1-22(19,20)9-8-16-13(18)6-5-11-10-21-14(17-11)12-4-2-3-7-15-12/h2-4,7,10H,5-6,8-9H2,1H3,(H,16,18). The van der Waals surface area contributed by atoms with Crippen LogP contribution in [0, 0.1) is 0 Å². The van der Waals surface area contributed by atoms with E-state index >= 15 is 0 Å². The summed E-state index contributed by atoms with van der Waals surface area (Å²) >= 11 is 1.49. The van der Waals surface area contributed by atoms with Gasteiger partial charge < -0.3 is 5.32 Å². The highest BCUT2D eigenvalue weighted by Gasteiger charge is 2.08. The van der Waals surface area contributed by atoms with E-state index in [0.717, 1.165) is 22.7 Å². The Bertz CT molecular complexity index is 727. The summed E-state index contributed by atoms with van der Waals surface area (Å²) in [6.07, 6.45) is 3.67. The summed E-state index contributed by atoms with van der Waals surface area (Å²) in [6, 6.07) is 5.64. The highest BCUT2D eigenvalue weighted by molar-refractivity contribution is 7.90. The number of aromatic nitrogens is 2.